The van der Waals surface area contributed by atoms with Gasteiger partial charge in [0, 0.05) is 18.8 Å². The average molecular weight is 187 g/mol. The molecular formula is C11H25NO. The van der Waals surface area contributed by atoms with Crippen molar-refractivity contribution in [3.05, 3.63) is 0 Å². The molecule has 0 fully saturated rings. The molecule has 80 valence electrons. The van der Waals surface area contributed by atoms with E-state index in [1.807, 2.05) is 6.92 Å². The van der Waals surface area contributed by atoms with Crippen molar-refractivity contribution in [3.8, 4) is 0 Å². The molecule has 13 heavy (non-hydrogen) atoms. The molecular weight excluding hydrogens is 162 g/mol. The first-order valence-electron chi connectivity index (χ1n) is 5.28. The molecule has 0 heterocycles. The maximum Gasteiger partial charge on any atom is 0.0468 e. The van der Waals surface area contributed by atoms with Crippen molar-refractivity contribution < 1.29 is 4.74 Å². The van der Waals surface area contributed by atoms with Crippen LogP contribution in [0.2, 0.25) is 0 Å². The molecule has 0 aliphatic carbocycles. The highest BCUT2D eigenvalue weighted by molar-refractivity contribution is 4.71. The summed E-state index contributed by atoms with van der Waals surface area (Å²) in [6.45, 7) is 13.7. The standard InChI is InChI=1S/C11H25NO/c1-6-13-8-7-10(2)9-12-11(3,4)5/h10,12H,6-9H2,1-5H3. The molecule has 0 rings (SSSR count). The van der Waals surface area contributed by atoms with Crippen LogP contribution in [0.3, 0.4) is 0 Å². The zero-order chi connectivity index (χ0) is 10.3. The van der Waals surface area contributed by atoms with E-state index in [-0.39, 0.29) is 5.54 Å². The van der Waals surface area contributed by atoms with Gasteiger partial charge in [-0.05, 0) is 46.6 Å². The van der Waals surface area contributed by atoms with Gasteiger partial charge >= 0.3 is 0 Å². The largest absolute Gasteiger partial charge is 0.382 e. The van der Waals surface area contributed by atoms with Gasteiger partial charge in [-0.2, -0.15) is 0 Å². The quantitative estimate of drug-likeness (QED) is 0.645. The molecule has 0 aromatic heterocycles. The van der Waals surface area contributed by atoms with Gasteiger partial charge in [0.15, 0.2) is 0 Å². The lowest BCUT2D eigenvalue weighted by molar-refractivity contribution is 0.132. The molecule has 0 radical (unpaired) electrons. The van der Waals surface area contributed by atoms with E-state index >= 15 is 0 Å². The lowest BCUT2D eigenvalue weighted by Gasteiger charge is -2.23. The third kappa shape index (κ3) is 9.84. The van der Waals surface area contributed by atoms with Crippen molar-refractivity contribution in [3.63, 3.8) is 0 Å². The molecule has 0 aliphatic heterocycles. The van der Waals surface area contributed by atoms with Crippen molar-refractivity contribution in [2.24, 2.45) is 5.92 Å². The van der Waals surface area contributed by atoms with Gasteiger partial charge in [0.2, 0.25) is 0 Å². The maximum atomic E-state index is 5.31. The lowest BCUT2D eigenvalue weighted by atomic mass is 10.0. The molecule has 1 atom stereocenters. The molecule has 0 bridgehead atoms. The van der Waals surface area contributed by atoms with Crippen LogP contribution in [0.5, 0.6) is 0 Å². The predicted octanol–water partition coefficient (Wildman–Crippen LogP) is 2.44. The van der Waals surface area contributed by atoms with Crippen LogP contribution in [-0.2, 0) is 4.74 Å². The van der Waals surface area contributed by atoms with Crippen molar-refractivity contribution in [2.45, 2.75) is 46.6 Å². The molecule has 0 aromatic rings. The Hall–Kier alpha value is -0.0800. The van der Waals surface area contributed by atoms with Crippen LogP contribution in [0.4, 0.5) is 0 Å². The molecule has 0 saturated carbocycles. The summed E-state index contributed by atoms with van der Waals surface area (Å²) in [5, 5.41) is 3.49. The van der Waals surface area contributed by atoms with E-state index < -0.39 is 0 Å². The highest BCUT2D eigenvalue weighted by atomic mass is 16.5. The summed E-state index contributed by atoms with van der Waals surface area (Å²) in [4.78, 5) is 0. The Balaban J connectivity index is 3.35. The van der Waals surface area contributed by atoms with Crippen LogP contribution in [-0.4, -0.2) is 25.3 Å². The number of rotatable bonds is 6. The Morgan fingerprint density at radius 3 is 2.38 bits per heavy atom. The van der Waals surface area contributed by atoms with Gasteiger partial charge in [0.05, 0.1) is 0 Å². The Labute approximate surface area is 83.1 Å². The molecule has 2 nitrogen and oxygen atoms in total. The Kier molecular flexibility index (Phi) is 6.35. The second-order valence-electron chi connectivity index (χ2n) is 4.72. The van der Waals surface area contributed by atoms with Gasteiger partial charge in [0.25, 0.3) is 0 Å². The molecule has 0 aromatic carbocycles. The maximum absolute atomic E-state index is 5.31. The lowest BCUT2D eigenvalue weighted by Crippen LogP contribution is -2.38. The van der Waals surface area contributed by atoms with Gasteiger partial charge in [-0.3, -0.25) is 0 Å². The van der Waals surface area contributed by atoms with Crippen molar-refractivity contribution in [2.75, 3.05) is 19.8 Å². The summed E-state index contributed by atoms with van der Waals surface area (Å²) >= 11 is 0. The van der Waals surface area contributed by atoms with Crippen LogP contribution < -0.4 is 5.32 Å². The summed E-state index contributed by atoms with van der Waals surface area (Å²) < 4.78 is 5.31. The second kappa shape index (κ2) is 6.39. The smallest absolute Gasteiger partial charge is 0.0468 e. The van der Waals surface area contributed by atoms with Crippen LogP contribution in [0, 0.1) is 5.92 Å². The van der Waals surface area contributed by atoms with Crippen LogP contribution in [0.25, 0.3) is 0 Å². The third-order valence-corrected chi connectivity index (χ3v) is 1.94. The summed E-state index contributed by atoms with van der Waals surface area (Å²) in [6.07, 6.45) is 1.15. The zero-order valence-corrected chi connectivity index (χ0v) is 9.81. The van der Waals surface area contributed by atoms with E-state index in [1.165, 1.54) is 0 Å². The molecule has 0 aliphatic rings. The first kappa shape index (κ1) is 12.9. The minimum atomic E-state index is 0.236. The van der Waals surface area contributed by atoms with Crippen LogP contribution >= 0.6 is 0 Å². The topological polar surface area (TPSA) is 21.3 Å². The second-order valence-corrected chi connectivity index (χ2v) is 4.72. The van der Waals surface area contributed by atoms with Gasteiger partial charge in [0.1, 0.15) is 0 Å². The average Bonchev–Trinajstić information content (AvgIpc) is 2.00. The molecule has 0 spiro atoms. The fourth-order valence-corrected chi connectivity index (χ4v) is 1.01. The fourth-order valence-electron chi connectivity index (χ4n) is 1.01. The molecule has 0 saturated heterocycles. The zero-order valence-electron chi connectivity index (χ0n) is 9.81. The highest BCUT2D eigenvalue weighted by Gasteiger charge is 2.10. The molecule has 2 heteroatoms. The Bertz CT molecular complexity index is 118. The van der Waals surface area contributed by atoms with E-state index in [9.17, 15) is 0 Å². The van der Waals surface area contributed by atoms with Gasteiger partial charge in [-0.15, -0.1) is 0 Å². The summed E-state index contributed by atoms with van der Waals surface area (Å²) in [5.41, 5.74) is 0.236. The first-order chi connectivity index (χ1) is 5.95. The van der Waals surface area contributed by atoms with Crippen molar-refractivity contribution in [1.82, 2.24) is 5.32 Å². The Morgan fingerprint density at radius 1 is 1.31 bits per heavy atom. The number of hydrogen-bond donors (Lipinski definition) is 1. The SMILES string of the molecule is CCOCCC(C)CNC(C)(C)C. The third-order valence-electron chi connectivity index (χ3n) is 1.94. The van der Waals surface area contributed by atoms with E-state index in [2.05, 4.69) is 33.0 Å². The predicted molar refractivity (Wildman–Crippen MR) is 58.0 cm³/mol. The Morgan fingerprint density at radius 2 is 1.92 bits per heavy atom. The van der Waals surface area contributed by atoms with Gasteiger partial charge < -0.3 is 10.1 Å². The highest BCUT2D eigenvalue weighted by Crippen LogP contribution is 2.04. The van der Waals surface area contributed by atoms with Crippen molar-refractivity contribution in [1.29, 1.82) is 0 Å². The van der Waals surface area contributed by atoms with Crippen LogP contribution in [0.15, 0.2) is 0 Å². The monoisotopic (exact) mass is 187 g/mol. The fraction of sp³-hybridized carbons (Fsp3) is 1.00. The summed E-state index contributed by atoms with van der Waals surface area (Å²) in [5.74, 6) is 0.700. The van der Waals surface area contributed by atoms with Crippen LogP contribution in [0.1, 0.15) is 41.0 Å². The normalized spacial score (nSPS) is 14.5. The minimum Gasteiger partial charge on any atom is -0.382 e. The molecule has 1 N–H and O–H groups in total. The minimum absolute atomic E-state index is 0.236. The van der Waals surface area contributed by atoms with E-state index in [0.717, 1.165) is 26.2 Å². The van der Waals surface area contributed by atoms with Crippen molar-refractivity contribution >= 4 is 0 Å². The van der Waals surface area contributed by atoms with Gasteiger partial charge in [-0.25, -0.2) is 0 Å². The number of nitrogens with one attached hydrogen (secondary N) is 1. The van der Waals surface area contributed by atoms with Gasteiger partial charge in [-0.1, -0.05) is 6.92 Å². The summed E-state index contributed by atoms with van der Waals surface area (Å²) in [6, 6.07) is 0. The van der Waals surface area contributed by atoms with E-state index in [0.29, 0.717) is 5.92 Å². The molecule has 1 unspecified atom stereocenters. The van der Waals surface area contributed by atoms with E-state index in [1.54, 1.807) is 0 Å². The molecule has 0 amide bonds. The first-order valence-corrected chi connectivity index (χ1v) is 5.28. The number of ether oxygens (including phenoxy) is 1. The van der Waals surface area contributed by atoms with E-state index in [4.69, 9.17) is 4.74 Å². The summed E-state index contributed by atoms with van der Waals surface area (Å²) in [7, 11) is 0. The number of hydrogen-bond acceptors (Lipinski definition) is 2.